The Morgan fingerprint density at radius 2 is 2.10 bits per heavy atom. The second-order valence-corrected chi connectivity index (χ2v) is 6.10. The van der Waals surface area contributed by atoms with Crippen molar-refractivity contribution in [3.05, 3.63) is 34.6 Å². The molecule has 0 aliphatic heterocycles. The first-order valence-corrected chi connectivity index (χ1v) is 7.67. The van der Waals surface area contributed by atoms with Gasteiger partial charge in [-0.1, -0.05) is 27.7 Å². The van der Waals surface area contributed by atoms with Gasteiger partial charge in [-0.25, -0.2) is 8.78 Å². The van der Waals surface area contributed by atoms with E-state index < -0.39 is 23.5 Å². The van der Waals surface area contributed by atoms with Crippen molar-refractivity contribution < 1.29 is 18.6 Å². The monoisotopic (exact) mass is 379 g/mol. The van der Waals surface area contributed by atoms with E-state index >= 15 is 0 Å². The maximum atomic E-state index is 13.5. The highest BCUT2D eigenvalue weighted by Gasteiger charge is 2.15. The number of halogens is 3. The molecule has 9 heteroatoms. The van der Waals surface area contributed by atoms with Crippen LogP contribution in [0.25, 0.3) is 0 Å². The minimum absolute atomic E-state index is 0.222. The fourth-order valence-corrected chi connectivity index (χ4v) is 2.66. The summed E-state index contributed by atoms with van der Waals surface area (Å²) in [6, 6.07) is 2.19. The summed E-state index contributed by atoms with van der Waals surface area (Å²) in [5.41, 5.74) is 0. The predicted molar refractivity (Wildman–Crippen MR) is 77.3 cm³/mol. The van der Waals surface area contributed by atoms with Gasteiger partial charge in [0.2, 0.25) is 0 Å². The second kappa shape index (κ2) is 7.19. The summed E-state index contributed by atoms with van der Waals surface area (Å²) >= 11 is 4.25. The van der Waals surface area contributed by atoms with Crippen LogP contribution in [0.4, 0.5) is 8.78 Å². The van der Waals surface area contributed by atoms with E-state index in [9.17, 15) is 13.9 Å². The number of nitrogens with zero attached hydrogens (tertiary/aromatic N) is 3. The average molecular weight is 380 g/mol. The number of aliphatic hydroxyl groups is 1. The second-order valence-electron chi connectivity index (χ2n) is 4.20. The van der Waals surface area contributed by atoms with Crippen molar-refractivity contribution in [3.63, 3.8) is 0 Å². The lowest BCUT2D eigenvalue weighted by atomic mass is 10.3. The number of thioether (sulfide) groups is 1. The van der Waals surface area contributed by atoms with Crippen LogP contribution in [-0.4, -0.2) is 38.3 Å². The van der Waals surface area contributed by atoms with Gasteiger partial charge in [-0.15, -0.1) is 10.2 Å². The summed E-state index contributed by atoms with van der Waals surface area (Å²) in [7, 11) is 1.78. The Bertz CT molecular complexity index is 603. The summed E-state index contributed by atoms with van der Waals surface area (Å²) in [6.45, 7) is -0.222. The minimum Gasteiger partial charge on any atom is -0.485 e. The molecule has 0 aliphatic carbocycles. The van der Waals surface area contributed by atoms with Gasteiger partial charge in [-0.05, 0) is 12.1 Å². The Morgan fingerprint density at radius 3 is 2.67 bits per heavy atom. The Hall–Kier alpha value is -1.19. The standard InChI is InChI=1S/C12H12BrF2N3O2S/c1-18-6-16-17-12(18)21-5-8(19)4-20-11-9(14)2-7(13)3-10(11)15/h2-3,6,8,19H,4-5H2,1H3. The molecule has 0 saturated carbocycles. The maximum Gasteiger partial charge on any atom is 0.190 e. The number of aryl methyl sites for hydroxylation is 1. The zero-order valence-corrected chi connectivity index (χ0v) is 13.4. The minimum atomic E-state index is -0.894. The molecule has 1 N–H and O–H groups in total. The van der Waals surface area contributed by atoms with Crippen LogP contribution < -0.4 is 4.74 Å². The highest BCUT2D eigenvalue weighted by atomic mass is 79.9. The molecule has 21 heavy (non-hydrogen) atoms. The molecule has 2 aromatic rings. The molecule has 1 aromatic carbocycles. The van der Waals surface area contributed by atoms with E-state index in [-0.39, 0.29) is 16.8 Å². The summed E-state index contributed by atoms with van der Waals surface area (Å²) < 4.78 is 34.0. The molecule has 1 unspecified atom stereocenters. The number of benzene rings is 1. The zero-order chi connectivity index (χ0) is 15.4. The molecule has 5 nitrogen and oxygen atoms in total. The Balaban J connectivity index is 1.87. The maximum absolute atomic E-state index is 13.5. The van der Waals surface area contributed by atoms with E-state index in [0.717, 1.165) is 12.1 Å². The van der Waals surface area contributed by atoms with Crippen molar-refractivity contribution >= 4 is 27.7 Å². The van der Waals surface area contributed by atoms with Gasteiger partial charge in [0, 0.05) is 17.3 Å². The van der Waals surface area contributed by atoms with Gasteiger partial charge >= 0.3 is 0 Å². The molecule has 0 bridgehead atoms. The zero-order valence-electron chi connectivity index (χ0n) is 11.0. The molecule has 0 aliphatic rings. The topological polar surface area (TPSA) is 60.2 Å². The third-order valence-corrected chi connectivity index (χ3v) is 4.09. The summed E-state index contributed by atoms with van der Waals surface area (Å²) in [5.74, 6) is -1.88. The molecule has 2 rings (SSSR count). The number of hydrogen-bond acceptors (Lipinski definition) is 5. The molecule has 114 valence electrons. The van der Waals surface area contributed by atoms with Gasteiger partial charge in [0.1, 0.15) is 12.9 Å². The largest absolute Gasteiger partial charge is 0.485 e. The van der Waals surface area contributed by atoms with Crippen LogP contribution in [0, 0.1) is 11.6 Å². The molecule has 0 spiro atoms. The number of ether oxygens (including phenoxy) is 1. The molecule has 0 amide bonds. The van der Waals surface area contributed by atoms with E-state index in [2.05, 4.69) is 26.1 Å². The first kappa shape index (κ1) is 16.2. The third-order valence-electron chi connectivity index (χ3n) is 2.46. The van der Waals surface area contributed by atoms with E-state index in [0.29, 0.717) is 5.16 Å². The van der Waals surface area contributed by atoms with Gasteiger partial charge in [0.15, 0.2) is 22.5 Å². The highest BCUT2D eigenvalue weighted by molar-refractivity contribution is 9.10. The summed E-state index contributed by atoms with van der Waals surface area (Å²) in [4.78, 5) is 0. The lowest BCUT2D eigenvalue weighted by Crippen LogP contribution is -2.21. The Kier molecular flexibility index (Phi) is 5.54. The third kappa shape index (κ3) is 4.39. The van der Waals surface area contributed by atoms with Crippen LogP contribution in [0.1, 0.15) is 0 Å². The van der Waals surface area contributed by atoms with Crippen LogP contribution in [0.5, 0.6) is 5.75 Å². The van der Waals surface area contributed by atoms with E-state index in [1.54, 1.807) is 11.6 Å². The lowest BCUT2D eigenvalue weighted by molar-refractivity contribution is 0.120. The van der Waals surface area contributed by atoms with Crippen LogP contribution in [0.2, 0.25) is 0 Å². The fraction of sp³-hybridized carbons (Fsp3) is 0.333. The normalized spacial score (nSPS) is 12.4. The first-order chi connectivity index (χ1) is 9.97. The Labute approximate surface area is 132 Å². The predicted octanol–water partition coefficient (Wildman–Crippen LogP) is 2.39. The smallest absolute Gasteiger partial charge is 0.190 e. The number of aliphatic hydroxyl groups excluding tert-OH is 1. The van der Waals surface area contributed by atoms with Crippen molar-refractivity contribution in [2.75, 3.05) is 12.4 Å². The van der Waals surface area contributed by atoms with Gasteiger partial charge < -0.3 is 14.4 Å². The van der Waals surface area contributed by atoms with Gasteiger partial charge in [0.25, 0.3) is 0 Å². The molecule has 0 radical (unpaired) electrons. The quantitative estimate of drug-likeness (QED) is 0.780. The first-order valence-electron chi connectivity index (χ1n) is 5.89. The van der Waals surface area contributed by atoms with Crippen molar-refractivity contribution in [2.45, 2.75) is 11.3 Å². The Morgan fingerprint density at radius 1 is 1.43 bits per heavy atom. The van der Waals surface area contributed by atoms with Gasteiger partial charge in [-0.2, -0.15) is 0 Å². The van der Waals surface area contributed by atoms with Crippen molar-refractivity contribution in [3.8, 4) is 5.75 Å². The van der Waals surface area contributed by atoms with E-state index in [4.69, 9.17) is 4.74 Å². The van der Waals surface area contributed by atoms with Gasteiger partial charge in [-0.3, -0.25) is 0 Å². The van der Waals surface area contributed by atoms with Crippen molar-refractivity contribution in [2.24, 2.45) is 7.05 Å². The van der Waals surface area contributed by atoms with Crippen LogP contribution in [-0.2, 0) is 7.05 Å². The van der Waals surface area contributed by atoms with Crippen molar-refractivity contribution in [1.82, 2.24) is 14.8 Å². The van der Waals surface area contributed by atoms with E-state index in [1.165, 1.54) is 18.1 Å². The van der Waals surface area contributed by atoms with Crippen molar-refractivity contribution in [1.29, 1.82) is 0 Å². The summed E-state index contributed by atoms with van der Waals surface area (Å²) in [6.07, 6.45) is 0.645. The van der Waals surface area contributed by atoms with Crippen LogP contribution in [0.15, 0.2) is 28.1 Å². The molecular formula is C12H12BrF2N3O2S. The fourth-order valence-electron chi connectivity index (χ4n) is 1.47. The molecule has 1 atom stereocenters. The molecule has 1 aromatic heterocycles. The van der Waals surface area contributed by atoms with Crippen LogP contribution >= 0.6 is 27.7 Å². The molecule has 0 fully saturated rings. The highest BCUT2D eigenvalue weighted by Crippen LogP contribution is 2.26. The number of aromatic nitrogens is 3. The number of rotatable bonds is 6. The number of hydrogen-bond donors (Lipinski definition) is 1. The molecule has 0 saturated heterocycles. The summed E-state index contributed by atoms with van der Waals surface area (Å²) in [5, 5.41) is 18.0. The van der Waals surface area contributed by atoms with Gasteiger partial charge in [0.05, 0.1) is 6.10 Å². The van der Waals surface area contributed by atoms with Crippen LogP contribution in [0.3, 0.4) is 0 Å². The average Bonchev–Trinajstić information content (AvgIpc) is 2.80. The molecule has 1 heterocycles. The SMILES string of the molecule is Cn1cnnc1SCC(O)COc1c(F)cc(Br)cc1F. The molecular weight excluding hydrogens is 368 g/mol. The lowest BCUT2D eigenvalue weighted by Gasteiger charge is -2.13. The van der Waals surface area contributed by atoms with E-state index in [1.807, 2.05) is 0 Å².